The zero-order chi connectivity index (χ0) is 11.9. The van der Waals surface area contributed by atoms with Crippen LogP contribution < -0.4 is 0 Å². The van der Waals surface area contributed by atoms with Gasteiger partial charge in [-0.2, -0.15) is 0 Å². The highest BCUT2D eigenvalue weighted by molar-refractivity contribution is 9.09. The minimum atomic E-state index is -3.14. The Bertz CT molecular complexity index is 334. The Morgan fingerprint density at radius 3 is 2.27 bits per heavy atom. The van der Waals surface area contributed by atoms with Crippen molar-refractivity contribution in [2.24, 2.45) is 5.41 Å². The summed E-state index contributed by atoms with van der Waals surface area (Å²) >= 11 is 3.46. The molecule has 1 aliphatic heterocycles. The number of hydrogen-bond acceptors (Lipinski definition) is 2. The Balaban J connectivity index is 2.87. The third-order valence-electron chi connectivity index (χ3n) is 2.96. The summed E-state index contributed by atoms with van der Waals surface area (Å²) in [5, 5.41) is 0.857. The van der Waals surface area contributed by atoms with Crippen LogP contribution in [0.4, 0.5) is 0 Å². The number of sulfonamides is 1. The van der Waals surface area contributed by atoms with Crippen molar-refractivity contribution in [3.05, 3.63) is 0 Å². The third kappa shape index (κ3) is 2.56. The van der Waals surface area contributed by atoms with Crippen LogP contribution in [0.3, 0.4) is 0 Å². The summed E-state index contributed by atoms with van der Waals surface area (Å²) in [6.07, 6.45) is 0.938. The van der Waals surface area contributed by atoms with E-state index in [9.17, 15) is 8.42 Å². The number of hydrogen-bond donors (Lipinski definition) is 0. The molecule has 0 N–H and O–H groups in total. The van der Waals surface area contributed by atoms with Crippen molar-refractivity contribution in [1.82, 2.24) is 4.31 Å². The van der Waals surface area contributed by atoms with Crippen LogP contribution in [0.25, 0.3) is 0 Å². The van der Waals surface area contributed by atoms with Gasteiger partial charge in [-0.05, 0) is 32.6 Å². The number of halogens is 1. The van der Waals surface area contributed by atoms with Crippen LogP contribution in [0.1, 0.15) is 34.1 Å². The molecule has 0 aromatic carbocycles. The van der Waals surface area contributed by atoms with Gasteiger partial charge in [-0.3, -0.25) is 0 Å². The van der Waals surface area contributed by atoms with Crippen LogP contribution in [-0.4, -0.2) is 35.9 Å². The summed E-state index contributed by atoms with van der Waals surface area (Å²) in [7, 11) is -3.14. The Labute approximate surface area is 101 Å². The van der Waals surface area contributed by atoms with E-state index in [-0.39, 0.29) is 5.41 Å². The molecule has 0 bridgehead atoms. The average molecular weight is 298 g/mol. The van der Waals surface area contributed by atoms with Crippen LogP contribution in [0.2, 0.25) is 0 Å². The molecule has 1 rings (SSSR count). The molecule has 0 aromatic heterocycles. The molecule has 1 unspecified atom stereocenters. The number of nitrogens with zero attached hydrogens (tertiary/aromatic N) is 1. The van der Waals surface area contributed by atoms with Crippen molar-refractivity contribution >= 4 is 26.0 Å². The lowest BCUT2D eigenvalue weighted by Crippen LogP contribution is -2.42. The van der Waals surface area contributed by atoms with Gasteiger partial charge in [-0.1, -0.05) is 22.9 Å². The van der Waals surface area contributed by atoms with Crippen LogP contribution >= 0.6 is 15.9 Å². The fourth-order valence-corrected chi connectivity index (χ4v) is 3.73. The van der Waals surface area contributed by atoms with Gasteiger partial charge in [-0.25, -0.2) is 12.7 Å². The second-order valence-electron chi connectivity index (χ2n) is 5.65. The van der Waals surface area contributed by atoms with Crippen molar-refractivity contribution in [1.29, 1.82) is 0 Å². The van der Waals surface area contributed by atoms with Crippen molar-refractivity contribution in [3.63, 3.8) is 0 Å². The number of rotatable bonds is 2. The Hall–Kier alpha value is 0.390. The first-order chi connectivity index (χ1) is 6.62. The minimum absolute atomic E-state index is 0.0956. The van der Waals surface area contributed by atoms with E-state index < -0.39 is 14.8 Å². The molecular weight excluding hydrogens is 278 g/mol. The molecule has 0 spiro atoms. The maximum absolute atomic E-state index is 12.2. The summed E-state index contributed by atoms with van der Waals surface area (Å²) in [6.45, 7) is 8.68. The zero-order valence-electron chi connectivity index (χ0n) is 9.88. The molecule has 1 aliphatic rings. The Morgan fingerprint density at radius 2 is 1.93 bits per heavy atom. The lowest BCUT2D eigenvalue weighted by atomic mass is 9.93. The predicted molar refractivity (Wildman–Crippen MR) is 66.8 cm³/mol. The van der Waals surface area contributed by atoms with E-state index in [0.29, 0.717) is 13.1 Å². The van der Waals surface area contributed by atoms with Gasteiger partial charge in [0.25, 0.3) is 0 Å². The highest BCUT2D eigenvalue weighted by Gasteiger charge is 2.43. The quantitative estimate of drug-likeness (QED) is 0.733. The summed E-state index contributed by atoms with van der Waals surface area (Å²) < 4.78 is 25.3. The van der Waals surface area contributed by atoms with Gasteiger partial charge >= 0.3 is 0 Å². The standard InChI is InChI=1S/C10H20BrNO2S/c1-9(2,3)15(13,14)12-6-5-10(4,7-11)8-12/h5-8H2,1-4H3. The molecule has 0 amide bonds. The van der Waals surface area contributed by atoms with E-state index in [4.69, 9.17) is 0 Å². The molecule has 0 aromatic rings. The molecule has 0 saturated carbocycles. The highest BCUT2D eigenvalue weighted by Crippen LogP contribution is 2.35. The fraction of sp³-hybridized carbons (Fsp3) is 1.00. The SMILES string of the molecule is CC1(CBr)CCN(S(=O)(=O)C(C)(C)C)C1. The van der Waals surface area contributed by atoms with Crippen LogP contribution in [0.15, 0.2) is 0 Å². The molecule has 0 aliphatic carbocycles. The van der Waals surface area contributed by atoms with E-state index in [2.05, 4.69) is 22.9 Å². The second-order valence-corrected chi connectivity index (χ2v) is 8.90. The molecule has 90 valence electrons. The molecular formula is C10H20BrNO2S. The molecule has 0 radical (unpaired) electrons. The molecule has 1 heterocycles. The zero-order valence-corrected chi connectivity index (χ0v) is 12.3. The Morgan fingerprint density at radius 1 is 1.40 bits per heavy atom. The molecule has 1 atom stereocenters. The topological polar surface area (TPSA) is 37.4 Å². The van der Waals surface area contributed by atoms with Crippen molar-refractivity contribution < 1.29 is 8.42 Å². The fourth-order valence-electron chi connectivity index (χ4n) is 1.68. The monoisotopic (exact) mass is 297 g/mol. The lowest BCUT2D eigenvalue weighted by molar-refractivity contribution is 0.378. The summed E-state index contributed by atoms with van der Waals surface area (Å²) in [5.41, 5.74) is 0.0956. The number of alkyl halides is 1. The van der Waals surface area contributed by atoms with E-state index in [0.717, 1.165) is 11.8 Å². The molecule has 1 fully saturated rings. The largest absolute Gasteiger partial charge is 0.219 e. The van der Waals surface area contributed by atoms with E-state index in [1.807, 2.05) is 0 Å². The van der Waals surface area contributed by atoms with Gasteiger partial charge in [0.2, 0.25) is 10.0 Å². The summed E-state index contributed by atoms with van der Waals surface area (Å²) in [4.78, 5) is 0. The molecule has 3 nitrogen and oxygen atoms in total. The van der Waals surface area contributed by atoms with E-state index in [1.165, 1.54) is 0 Å². The van der Waals surface area contributed by atoms with Crippen molar-refractivity contribution in [2.75, 3.05) is 18.4 Å². The maximum atomic E-state index is 12.2. The smallest absolute Gasteiger partial charge is 0.212 e. The van der Waals surface area contributed by atoms with Crippen molar-refractivity contribution in [2.45, 2.75) is 38.9 Å². The normalized spacial score (nSPS) is 29.7. The summed E-state index contributed by atoms with van der Waals surface area (Å²) in [6, 6.07) is 0. The van der Waals surface area contributed by atoms with Gasteiger partial charge in [0.05, 0.1) is 4.75 Å². The minimum Gasteiger partial charge on any atom is -0.212 e. The van der Waals surface area contributed by atoms with Gasteiger partial charge < -0.3 is 0 Å². The van der Waals surface area contributed by atoms with Gasteiger partial charge in [0.15, 0.2) is 0 Å². The van der Waals surface area contributed by atoms with Crippen LogP contribution in [0, 0.1) is 5.41 Å². The third-order valence-corrected chi connectivity index (χ3v) is 6.85. The van der Waals surface area contributed by atoms with Gasteiger partial charge in [0, 0.05) is 18.4 Å². The second kappa shape index (κ2) is 4.00. The average Bonchev–Trinajstić information content (AvgIpc) is 2.47. The summed E-state index contributed by atoms with van der Waals surface area (Å²) in [5.74, 6) is 0. The van der Waals surface area contributed by atoms with E-state index >= 15 is 0 Å². The first-order valence-electron chi connectivity index (χ1n) is 5.18. The predicted octanol–water partition coefficient (Wildman–Crippen LogP) is 2.22. The molecule has 15 heavy (non-hydrogen) atoms. The van der Waals surface area contributed by atoms with Crippen LogP contribution in [-0.2, 0) is 10.0 Å². The first kappa shape index (κ1) is 13.5. The van der Waals surface area contributed by atoms with Crippen molar-refractivity contribution in [3.8, 4) is 0 Å². The molecule has 1 saturated heterocycles. The molecule has 5 heteroatoms. The highest BCUT2D eigenvalue weighted by atomic mass is 79.9. The first-order valence-corrected chi connectivity index (χ1v) is 7.74. The van der Waals surface area contributed by atoms with Gasteiger partial charge in [0.1, 0.15) is 0 Å². The maximum Gasteiger partial charge on any atom is 0.219 e. The van der Waals surface area contributed by atoms with E-state index in [1.54, 1.807) is 25.1 Å². The lowest BCUT2D eigenvalue weighted by Gasteiger charge is -2.28. The Kier molecular flexibility index (Phi) is 3.59. The van der Waals surface area contributed by atoms with Gasteiger partial charge in [-0.15, -0.1) is 0 Å². The van der Waals surface area contributed by atoms with Crippen LogP contribution in [0.5, 0.6) is 0 Å².